The molecule has 1 aliphatic rings. The Hall–Kier alpha value is -0.130. The van der Waals surface area contributed by atoms with Gasteiger partial charge < -0.3 is 5.32 Å². The van der Waals surface area contributed by atoms with Gasteiger partial charge in [0.2, 0.25) is 10.0 Å². The zero-order valence-corrected chi connectivity index (χ0v) is 11.4. The first-order valence-corrected chi connectivity index (χ1v) is 7.70. The molecule has 0 aromatic heterocycles. The summed E-state index contributed by atoms with van der Waals surface area (Å²) >= 11 is 0. The maximum Gasteiger partial charge on any atom is 0.212 e. The normalized spacial score (nSPS) is 23.3. The van der Waals surface area contributed by atoms with Crippen molar-refractivity contribution < 1.29 is 8.42 Å². The fourth-order valence-corrected chi connectivity index (χ4v) is 2.75. The first kappa shape index (κ1) is 13.9. The van der Waals surface area contributed by atoms with Crippen molar-refractivity contribution >= 4 is 10.0 Å². The largest absolute Gasteiger partial charge is 0.316 e. The van der Waals surface area contributed by atoms with Crippen molar-refractivity contribution in [3.05, 3.63) is 0 Å². The van der Waals surface area contributed by atoms with E-state index in [2.05, 4.69) is 30.8 Å². The molecule has 2 N–H and O–H groups in total. The molecular weight excluding hydrogens is 224 g/mol. The van der Waals surface area contributed by atoms with Crippen molar-refractivity contribution in [2.75, 3.05) is 25.4 Å². The second-order valence-electron chi connectivity index (χ2n) is 5.31. The zero-order chi connectivity index (χ0) is 12.2. The van der Waals surface area contributed by atoms with Crippen LogP contribution in [0.1, 0.15) is 33.6 Å². The van der Waals surface area contributed by atoms with Gasteiger partial charge in [0.1, 0.15) is 0 Å². The summed E-state index contributed by atoms with van der Waals surface area (Å²) in [6, 6.07) is 0. The maximum atomic E-state index is 11.6. The lowest BCUT2D eigenvalue weighted by Crippen LogP contribution is -2.33. The molecule has 4 nitrogen and oxygen atoms in total. The van der Waals surface area contributed by atoms with Crippen LogP contribution in [0, 0.1) is 11.3 Å². The Labute approximate surface area is 99.2 Å². The summed E-state index contributed by atoms with van der Waals surface area (Å²) < 4.78 is 25.9. The summed E-state index contributed by atoms with van der Waals surface area (Å²) in [6.45, 7) is 8.43. The molecule has 0 aromatic rings. The van der Waals surface area contributed by atoms with Gasteiger partial charge in [-0.05, 0) is 30.7 Å². The second kappa shape index (κ2) is 5.47. The summed E-state index contributed by atoms with van der Waals surface area (Å²) in [5, 5.41) is 3.09. The van der Waals surface area contributed by atoms with Crippen LogP contribution in [0.15, 0.2) is 0 Å². The van der Waals surface area contributed by atoms with E-state index in [1.54, 1.807) is 0 Å². The zero-order valence-electron chi connectivity index (χ0n) is 10.5. The van der Waals surface area contributed by atoms with Gasteiger partial charge in [-0.3, -0.25) is 0 Å². The second-order valence-corrected chi connectivity index (χ2v) is 7.23. The molecule has 16 heavy (non-hydrogen) atoms. The molecule has 1 fully saturated rings. The third kappa shape index (κ3) is 4.80. The molecule has 1 aliphatic carbocycles. The highest BCUT2D eigenvalue weighted by Gasteiger charge is 2.45. The molecule has 1 unspecified atom stereocenters. The van der Waals surface area contributed by atoms with E-state index in [-0.39, 0.29) is 5.75 Å². The predicted octanol–water partition coefficient (Wildman–Crippen LogP) is 0.952. The van der Waals surface area contributed by atoms with Crippen LogP contribution in [0.4, 0.5) is 0 Å². The molecule has 0 heterocycles. The topological polar surface area (TPSA) is 58.2 Å². The van der Waals surface area contributed by atoms with Gasteiger partial charge in [-0.15, -0.1) is 0 Å². The Balaban J connectivity index is 2.14. The lowest BCUT2D eigenvalue weighted by Gasteiger charge is -2.08. The predicted molar refractivity (Wildman–Crippen MR) is 66.8 cm³/mol. The minimum absolute atomic E-state index is 0.181. The summed E-state index contributed by atoms with van der Waals surface area (Å²) in [4.78, 5) is 0. The molecule has 1 rings (SSSR count). The molecule has 0 bridgehead atoms. The minimum Gasteiger partial charge on any atom is -0.316 e. The molecule has 0 spiro atoms. The van der Waals surface area contributed by atoms with Gasteiger partial charge >= 0.3 is 0 Å². The maximum absolute atomic E-state index is 11.6. The third-order valence-corrected chi connectivity index (χ3v) is 4.59. The minimum atomic E-state index is -3.08. The Morgan fingerprint density at radius 3 is 2.44 bits per heavy atom. The van der Waals surface area contributed by atoms with Gasteiger partial charge in [0.25, 0.3) is 0 Å². The van der Waals surface area contributed by atoms with Crippen molar-refractivity contribution in [1.82, 2.24) is 10.0 Å². The fourth-order valence-electron chi connectivity index (χ4n) is 1.73. The molecule has 0 amide bonds. The SMILES string of the molecule is CCCNCCS(=O)(=O)NCC1CC1(C)C. The van der Waals surface area contributed by atoms with Crippen molar-refractivity contribution in [3.8, 4) is 0 Å². The average Bonchev–Trinajstić information content (AvgIpc) is 2.79. The van der Waals surface area contributed by atoms with Gasteiger partial charge in [0, 0.05) is 13.1 Å². The highest BCUT2D eigenvalue weighted by atomic mass is 32.2. The molecular formula is C11H24N2O2S. The van der Waals surface area contributed by atoms with E-state index in [9.17, 15) is 8.42 Å². The highest BCUT2D eigenvalue weighted by Crippen LogP contribution is 2.51. The van der Waals surface area contributed by atoms with Gasteiger partial charge in [0.05, 0.1) is 5.75 Å². The lowest BCUT2D eigenvalue weighted by molar-refractivity contribution is 0.536. The van der Waals surface area contributed by atoms with Gasteiger partial charge in [-0.25, -0.2) is 13.1 Å². The molecule has 0 radical (unpaired) electrons. The fraction of sp³-hybridized carbons (Fsp3) is 1.00. The van der Waals surface area contributed by atoms with Gasteiger partial charge in [-0.2, -0.15) is 0 Å². The number of sulfonamides is 1. The lowest BCUT2D eigenvalue weighted by atomic mass is 10.1. The molecule has 96 valence electrons. The molecule has 1 saturated carbocycles. The van der Waals surface area contributed by atoms with E-state index in [4.69, 9.17) is 0 Å². The van der Waals surface area contributed by atoms with Gasteiger partial charge in [0.15, 0.2) is 0 Å². The number of hydrogen-bond acceptors (Lipinski definition) is 3. The molecule has 0 aromatic carbocycles. The number of nitrogens with one attached hydrogen (secondary N) is 2. The van der Waals surface area contributed by atoms with E-state index in [1.165, 1.54) is 0 Å². The Bertz CT molecular complexity index is 312. The standard InChI is InChI=1S/C11H24N2O2S/c1-4-5-12-6-7-16(14,15)13-9-10-8-11(10,2)3/h10,12-13H,4-9H2,1-3H3. The molecule has 1 atom stereocenters. The van der Waals surface area contributed by atoms with Crippen LogP contribution >= 0.6 is 0 Å². The van der Waals surface area contributed by atoms with Crippen LogP contribution in [0.5, 0.6) is 0 Å². The van der Waals surface area contributed by atoms with Crippen molar-refractivity contribution in [2.45, 2.75) is 33.6 Å². The smallest absolute Gasteiger partial charge is 0.212 e. The summed E-state index contributed by atoms with van der Waals surface area (Å²) in [7, 11) is -3.08. The number of hydrogen-bond donors (Lipinski definition) is 2. The number of rotatable bonds is 8. The summed E-state index contributed by atoms with van der Waals surface area (Å²) in [5.74, 6) is 0.700. The van der Waals surface area contributed by atoms with Crippen molar-refractivity contribution in [1.29, 1.82) is 0 Å². The van der Waals surface area contributed by atoms with Gasteiger partial charge in [-0.1, -0.05) is 20.8 Å². The average molecular weight is 248 g/mol. The highest BCUT2D eigenvalue weighted by molar-refractivity contribution is 7.89. The van der Waals surface area contributed by atoms with Crippen LogP contribution in [0.2, 0.25) is 0 Å². The van der Waals surface area contributed by atoms with Crippen LogP contribution < -0.4 is 10.0 Å². The van der Waals surface area contributed by atoms with Crippen LogP contribution in [-0.4, -0.2) is 33.8 Å². The third-order valence-electron chi connectivity index (χ3n) is 3.24. The Kier molecular flexibility index (Phi) is 4.76. The summed E-state index contributed by atoms with van der Waals surface area (Å²) in [5.41, 5.74) is 0.336. The van der Waals surface area contributed by atoms with E-state index >= 15 is 0 Å². The molecule has 0 aliphatic heterocycles. The molecule has 5 heteroatoms. The first-order valence-electron chi connectivity index (χ1n) is 6.05. The van der Waals surface area contributed by atoms with E-state index in [0.717, 1.165) is 19.4 Å². The van der Waals surface area contributed by atoms with Crippen LogP contribution in [-0.2, 0) is 10.0 Å². The van der Waals surface area contributed by atoms with E-state index in [1.807, 2.05) is 0 Å². The van der Waals surface area contributed by atoms with Crippen molar-refractivity contribution in [3.63, 3.8) is 0 Å². The van der Waals surface area contributed by atoms with Crippen molar-refractivity contribution in [2.24, 2.45) is 11.3 Å². The summed E-state index contributed by atoms with van der Waals surface area (Å²) in [6.07, 6.45) is 2.16. The van der Waals surface area contributed by atoms with E-state index < -0.39 is 10.0 Å². The Morgan fingerprint density at radius 1 is 1.31 bits per heavy atom. The van der Waals surface area contributed by atoms with Crippen LogP contribution in [0.3, 0.4) is 0 Å². The van der Waals surface area contributed by atoms with Crippen LogP contribution in [0.25, 0.3) is 0 Å². The first-order chi connectivity index (χ1) is 7.37. The Morgan fingerprint density at radius 2 is 1.94 bits per heavy atom. The molecule has 0 saturated heterocycles. The monoisotopic (exact) mass is 248 g/mol. The van der Waals surface area contributed by atoms with E-state index in [0.29, 0.717) is 24.4 Å². The quantitative estimate of drug-likeness (QED) is 0.629.